The van der Waals surface area contributed by atoms with Gasteiger partial charge in [-0.3, -0.25) is 0 Å². The lowest BCUT2D eigenvalue weighted by Gasteiger charge is -2.14. The molecule has 0 amide bonds. The van der Waals surface area contributed by atoms with Crippen LogP contribution in [0.1, 0.15) is 16.8 Å². The molecule has 2 rings (SSSR count). The molecule has 0 saturated carbocycles. The van der Waals surface area contributed by atoms with Gasteiger partial charge in [-0.25, -0.2) is 17.9 Å². The van der Waals surface area contributed by atoms with E-state index in [0.29, 0.717) is 6.54 Å². The summed E-state index contributed by atoms with van der Waals surface area (Å²) in [6.45, 7) is 1.38. The number of benzene rings is 1. The van der Waals surface area contributed by atoms with E-state index in [1.165, 1.54) is 19.2 Å². The van der Waals surface area contributed by atoms with Crippen LogP contribution in [0.2, 0.25) is 0 Å². The number of carbonyl (C=O) groups is 1. The van der Waals surface area contributed by atoms with Gasteiger partial charge in [0, 0.05) is 12.6 Å². The molecule has 104 valence electrons. The number of hydrogen-bond acceptors (Lipinski definition) is 5. The largest absolute Gasteiger partial charge is 0.465 e. The molecule has 1 heterocycles. The van der Waals surface area contributed by atoms with Crippen molar-refractivity contribution in [3.05, 3.63) is 29.8 Å². The van der Waals surface area contributed by atoms with Crippen LogP contribution < -0.4 is 10.0 Å². The molecule has 1 aliphatic rings. The van der Waals surface area contributed by atoms with Crippen molar-refractivity contribution in [3.8, 4) is 0 Å². The fourth-order valence-electron chi connectivity index (χ4n) is 2.02. The summed E-state index contributed by atoms with van der Waals surface area (Å²) in [5.41, 5.74) is 0.0449. The maximum absolute atomic E-state index is 12.3. The second-order valence-electron chi connectivity index (χ2n) is 4.30. The zero-order valence-corrected chi connectivity index (χ0v) is 11.4. The van der Waals surface area contributed by atoms with Crippen LogP contribution in [0.4, 0.5) is 0 Å². The molecule has 6 nitrogen and oxygen atoms in total. The molecule has 0 aromatic heterocycles. The summed E-state index contributed by atoms with van der Waals surface area (Å²) >= 11 is 0. The Labute approximate surface area is 112 Å². The van der Waals surface area contributed by atoms with Crippen molar-refractivity contribution >= 4 is 16.0 Å². The summed E-state index contributed by atoms with van der Waals surface area (Å²) in [6.07, 6.45) is 0.736. The number of rotatable bonds is 4. The fourth-order valence-corrected chi connectivity index (χ4v) is 3.48. The molecule has 1 saturated heterocycles. The van der Waals surface area contributed by atoms with Gasteiger partial charge in [0.25, 0.3) is 0 Å². The number of ether oxygens (including phenoxy) is 1. The number of sulfonamides is 1. The van der Waals surface area contributed by atoms with Gasteiger partial charge in [0.05, 0.1) is 17.6 Å². The lowest BCUT2D eigenvalue weighted by molar-refractivity contribution is 0.0596. The Morgan fingerprint density at radius 1 is 1.42 bits per heavy atom. The third-order valence-corrected chi connectivity index (χ3v) is 4.54. The topological polar surface area (TPSA) is 84.5 Å². The van der Waals surface area contributed by atoms with Crippen molar-refractivity contribution in [2.45, 2.75) is 17.4 Å². The molecule has 1 aromatic carbocycles. The van der Waals surface area contributed by atoms with Crippen molar-refractivity contribution in [2.75, 3.05) is 20.2 Å². The highest BCUT2D eigenvalue weighted by Crippen LogP contribution is 2.17. The molecule has 0 radical (unpaired) electrons. The maximum Gasteiger partial charge on any atom is 0.339 e. The quantitative estimate of drug-likeness (QED) is 0.767. The van der Waals surface area contributed by atoms with Gasteiger partial charge in [-0.05, 0) is 25.1 Å². The van der Waals surface area contributed by atoms with Crippen LogP contribution >= 0.6 is 0 Å². The zero-order valence-electron chi connectivity index (χ0n) is 10.5. The highest BCUT2D eigenvalue weighted by Gasteiger charge is 2.26. The second-order valence-corrected chi connectivity index (χ2v) is 5.98. The van der Waals surface area contributed by atoms with Crippen molar-refractivity contribution in [1.29, 1.82) is 0 Å². The van der Waals surface area contributed by atoms with Crippen molar-refractivity contribution in [1.82, 2.24) is 10.0 Å². The average molecular weight is 284 g/mol. The van der Waals surface area contributed by atoms with Gasteiger partial charge in [-0.1, -0.05) is 12.1 Å². The molecule has 1 atom stereocenters. The Kier molecular flexibility index (Phi) is 4.18. The highest BCUT2D eigenvalue weighted by molar-refractivity contribution is 7.89. The maximum atomic E-state index is 12.3. The van der Waals surface area contributed by atoms with Gasteiger partial charge in [-0.2, -0.15) is 0 Å². The van der Waals surface area contributed by atoms with E-state index in [1.54, 1.807) is 12.1 Å². The van der Waals surface area contributed by atoms with Gasteiger partial charge in [0.2, 0.25) is 10.0 Å². The van der Waals surface area contributed by atoms with Crippen LogP contribution in [0.25, 0.3) is 0 Å². The van der Waals surface area contributed by atoms with Gasteiger partial charge >= 0.3 is 5.97 Å². The first-order valence-electron chi connectivity index (χ1n) is 5.95. The lowest BCUT2D eigenvalue weighted by Crippen LogP contribution is -2.36. The van der Waals surface area contributed by atoms with E-state index >= 15 is 0 Å². The summed E-state index contributed by atoms with van der Waals surface area (Å²) in [5, 5.41) is 3.08. The predicted octanol–water partition coefficient (Wildman–Crippen LogP) is 0.113. The van der Waals surface area contributed by atoms with Crippen LogP contribution in [0.15, 0.2) is 29.2 Å². The van der Waals surface area contributed by atoms with Crippen LogP contribution in [-0.2, 0) is 14.8 Å². The Morgan fingerprint density at radius 2 is 2.16 bits per heavy atom. The second kappa shape index (κ2) is 5.68. The summed E-state index contributed by atoms with van der Waals surface area (Å²) in [7, 11) is -2.50. The highest BCUT2D eigenvalue weighted by atomic mass is 32.2. The Hall–Kier alpha value is -1.44. The number of esters is 1. The predicted molar refractivity (Wildman–Crippen MR) is 69.4 cm³/mol. The van der Waals surface area contributed by atoms with Crippen molar-refractivity contribution in [3.63, 3.8) is 0 Å². The van der Waals surface area contributed by atoms with Gasteiger partial charge in [-0.15, -0.1) is 0 Å². The normalized spacial score (nSPS) is 19.3. The first kappa shape index (κ1) is 14.0. The summed E-state index contributed by atoms with van der Waals surface area (Å²) in [5.74, 6) is -0.662. The Bertz CT molecular complexity index is 565. The Balaban J connectivity index is 2.31. The lowest BCUT2D eigenvalue weighted by atomic mass is 10.2. The van der Waals surface area contributed by atoms with Gasteiger partial charge < -0.3 is 10.1 Å². The smallest absolute Gasteiger partial charge is 0.339 e. The molecule has 1 aliphatic heterocycles. The first-order chi connectivity index (χ1) is 9.04. The van der Waals surface area contributed by atoms with Crippen molar-refractivity contribution in [2.24, 2.45) is 0 Å². The first-order valence-corrected chi connectivity index (χ1v) is 7.43. The average Bonchev–Trinajstić information content (AvgIpc) is 2.90. The standard InChI is InChI=1S/C12H16N2O4S/c1-18-12(15)10-4-2-3-5-11(10)19(16,17)14-9-6-7-13-8-9/h2-5,9,13-14H,6-8H2,1H3/t9-/m0/s1. The van der Waals surface area contributed by atoms with Crippen LogP contribution in [-0.4, -0.2) is 40.6 Å². The molecule has 0 aliphatic carbocycles. The molecule has 19 heavy (non-hydrogen) atoms. The number of nitrogens with one attached hydrogen (secondary N) is 2. The molecule has 1 fully saturated rings. The van der Waals surface area contributed by atoms with E-state index in [0.717, 1.165) is 13.0 Å². The van der Waals surface area contributed by atoms with E-state index in [-0.39, 0.29) is 16.5 Å². The SMILES string of the molecule is COC(=O)c1ccccc1S(=O)(=O)N[C@H]1CCNC1. The summed E-state index contributed by atoms with van der Waals surface area (Å²) in [6, 6.07) is 5.87. The molecule has 0 spiro atoms. The number of carbonyl (C=O) groups excluding carboxylic acids is 1. The molecular formula is C12H16N2O4S. The molecular weight excluding hydrogens is 268 g/mol. The fraction of sp³-hybridized carbons (Fsp3) is 0.417. The molecule has 1 aromatic rings. The van der Waals surface area contributed by atoms with E-state index in [4.69, 9.17) is 0 Å². The van der Waals surface area contributed by atoms with Crippen LogP contribution in [0.3, 0.4) is 0 Å². The molecule has 0 bridgehead atoms. The van der Waals surface area contributed by atoms with Crippen molar-refractivity contribution < 1.29 is 17.9 Å². The molecule has 7 heteroatoms. The van der Waals surface area contributed by atoms with E-state index < -0.39 is 16.0 Å². The number of hydrogen-bond donors (Lipinski definition) is 2. The van der Waals surface area contributed by atoms with Gasteiger partial charge in [0.1, 0.15) is 0 Å². The zero-order chi connectivity index (χ0) is 13.9. The summed E-state index contributed by atoms with van der Waals surface area (Å²) in [4.78, 5) is 11.5. The summed E-state index contributed by atoms with van der Waals surface area (Å²) < 4.78 is 31.8. The third kappa shape index (κ3) is 3.12. The van der Waals surface area contributed by atoms with Gasteiger partial charge in [0.15, 0.2) is 0 Å². The van der Waals surface area contributed by atoms with E-state index in [1.807, 2.05) is 0 Å². The minimum atomic E-state index is -3.72. The van der Waals surface area contributed by atoms with Crippen LogP contribution in [0.5, 0.6) is 0 Å². The molecule has 0 unspecified atom stereocenters. The Morgan fingerprint density at radius 3 is 2.79 bits per heavy atom. The third-order valence-electron chi connectivity index (χ3n) is 2.96. The minimum absolute atomic E-state index is 0.0449. The minimum Gasteiger partial charge on any atom is -0.465 e. The van der Waals surface area contributed by atoms with Crippen LogP contribution in [0, 0.1) is 0 Å². The monoisotopic (exact) mass is 284 g/mol. The molecule has 2 N–H and O–H groups in total. The van der Waals surface area contributed by atoms with E-state index in [2.05, 4.69) is 14.8 Å². The van der Waals surface area contributed by atoms with E-state index in [9.17, 15) is 13.2 Å². The number of methoxy groups -OCH3 is 1.